The molecule has 0 aliphatic heterocycles. The van der Waals surface area contributed by atoms with Crippen molar-refractivity contribution in [2.24, 2.45) is 11.8 Å². The average molecular weight is 581 g/mol. The Morgan fingerprint density at radius 1 is 1.10 bits per heavy atom. The van der Waals surface area contributed by atoms with E-state index in [1.54, 1.807) is 26.3 Å². The molecule has 3 amide bonds. The standard InChI is InChI=1S/C30H52N4O5S/c1-6-7-8-12-15-31-27(36)21(2)16-26(35)24(17-22-13-10-9-11-14-22)33-28(37)25(18-23-19-40-20-32-23)34-29(38)39-30(3,4)5/h19-22,24-26,35H,6-18H2,1-5H3,(H,31,36)(H,33,37)(H,34,38)/t21-,24+,25+,26+/m1/s1. The number of ether oxygens (including phenoxy) is 1. The number of aliphatic hydroxyl groups excluding tert-OH is 1. The Morgan fingerprint density at radius 3 is 2.45 bits per heavy atom. The molecule has 0 unspecified atom stereocenters. The molecule has 0 saturated heterocycles. The minimum Gasteiger partial charge on any atom is -0.444 e. The summed E-state index contributed by atoms with van der Waals surface area (Å²) in [6.45, 7) is 9.90. The van der Waals surface area contributed by atoms with Crippen LogP contribution in [0.15, 0.2) is 10.9 Å². The molecule has 1 aromatic heterocycles. The third-order valence-electron chi connectivity index (χ3n) is 7.38. The lowest BCUT2D eigenvalue weighted by Crippen LogP contribution is -2.54. The van der Waals surface area contributed by atoms with Crippen LogP contribution in [0.1, 0.15) is 111 Å². The Bertz CT molecular complexity index is 883. The van der Waals surface area contributed by atoms with Crippen molar-refractivity contribution < 1.29 is 24.2 Å². The lowest BCUT2D eigenvalue weighted by Gasteiger charge is -2.32. The van der Waals surface area contributed by atoms with Crippen molar-refractivity contribution in [1.82, 2.24) is 20.9 Å². The van der Waals surface area contributed by atoms with Crippen LogP contribution in [-0.4, -0.2) is 58.3 Å². The number of hydrogen-bond donors (Lipinski definition) is 4. The van der Waals surface area contributed by atoms with Crippen LogP contribution in [0.5, 0.6) is 0 Å². The first-order valence-electron chi connectivity index (χ1n) is 15.1. The zero-order valence-corrected chi connectivity index (χ0v) is 26.0. The SMILES string of the molecule is CCCCCCNC(=O)[C@H](C)C[C@H](O)[C@H](CC1CCCCC1)NC(=O)[C@H](Cc1cscn1)NC(=O)OC(C)(C)C. The number of unbranched alkanes of at least 4 members (excludes halogenated alkanes) is 3. The van der Waals surface area contributed by atoms with Crippen molar-refractivity contribution in [1.29, 1.82) is 0 Å². The largest absolute Gasteiger partial charge is 0.444 e. The van der Waals surface area contributed by atoms with Gasteiger partial charge in [-0.25, -0.2) is 9.78 Å². The summed E-state index contributed by atoms with van der Waals surface area (Å²) in [7, 11) is 0. The highest BCUT2D eigenvalue weighted by Crippen LogP contribution is 2.29. The first-order chi connectivity index (χ1) is 19.0. The molecule has 1 aromatic rings. The maximum absolute atomic E-state index is 13.6. The minimum absolute atomic E-state index is 0.0775. The molecule has 40 heavy (non-hydrogen) atoms. The normalized spacial score (nSPS) is 17.4. The molecule has 0 radical (unpaired) electrons. The first kappa shape index (κ1) is 34.0. The fourth-order valence-corrected chi connectivity index (χ4v) is 5.73. The summed E-state index contributed by atoms with van der Waals surface area (Å²) in [6.07, 6.45) is 9.45. The third kappa shape index (κ3) is 13.4. The summed E-state index contributed by atoms with van der Waals surface area (Å²) in [5, 5.41) is 21.9. The van der Waals surface area contributed by atoms with Crippen molar-refractivity contribution in [2.75, 3.05) is 6.54 Å². The number of carbonyl (C=O) groups excluding carboxylic acids is 3. The highest BCUT2D eigenvalue weighted by atomic mass is 32.1. The molecule has 228 valence electrons. The van der Waals surface area contributed by atoms with E-state index in [2.05, 4.69) is 27.9 Å². The van der Waals surface area contributed by atoms with E-state index >= 15 is 0 Å². The lowest BCUT2D eigenvalue weighted by atomic mass is 9.82. The smallest absolute Gasteiger partial charge is 0.408 e. The van der Waals surface area contributed by atoms with Crippen molar-refractivity contribution >= 4 is 29.2 Å². The summed E-state index contributed by atoms with van der Waals surface area (Å²) in [5.41, 5.74) is 1.66. The van der Waals surface area contributed by atoms with E-state index in [-0.39, 0.29) is 18.7 Å². The van der Waals surface area contributed by atoms with Crippen LogP contribution in [0.4, 0.5) is 4.79 Å². The molecule has 10 heteroatoms. The van der Waals surface area contributed by atoms with Gasteiger partial charge in [0, 0.05) is 24.3 Å². The second kappa shape index (κ2) is 17.6. The zero-order valence-electron chi connectivity index (χ0n) is 25.2. The molecule has 1 fully saturated rings. The summed E-state index contributed by atoms with van der Waals surface area (Å²) >= 11 is 1.42. The van der Waals surface area contributed by atoms with Crippen molar-refractivity contribution in [3.63, 3.8) is 0 Å². The number of aliphatic hydroxyl groups is 1. The van der Waals surface area contributed by atoms with Crippen molar-refractivity contribution in [2.45, 2.75) is 135 Å². The molecule has 2 rings (SSSR count). The molecule has 0 aromatic carbocycles. The quantitative estimate of drug-likeness (QED) is 0.201. The number of nitrogens with zero attached hydrogens (tertiary/aromatic N) is 1. The summed E-state index contributed by atoms with van der Waals surface area (Å²) in [4.78, 5) is 43.1. The van der Waals surface area contributed by atoms with Gasteiger partial charge in [0.25, 0.3) is 0 Å². The number of alkyl carbamates (subject to hydrolysis) is 1. The van der Waals surface area contributed by atoms with Gasteiger partial charge >= 0.3 is 6.09 Å². The van der Waals surface area contributed by atoms with Crippen LogP contribution in [0.2, 0.25) is 0 Å². The fourth-order valence-electron chi connectivity index (χ4n) is 5.16. The van der Waals surface area contributed by atoms with Gasteiger partial charge in [-0.05, 0) is 46.0 Å². The van der Waals surface area contributed by atoms with E-state index in [9.17, 15) is 19.5 Å². The molecule has 9 nitrogen and oxygen atoms in total. The zero-order chi connectivity index (χ0) is 29.5. The maximum atomic E-state index is 13.6. The molecule has 0 spiro atoms. The molecular weight excluding hydrogens is 528 g/mol. The second-order valence-corrected chi connectivity index (χ2v) is 13.0. The molecule has 1 aliphatic carbocycles. The van der Waals surface area contributed by atoms with Crippen LogP contribution in [0.3, 0.4) is 0 Å². The number of nitrogens with one attached hydrogen (secondary N) is 3. The Labute approximate surface area is 244 Å². The summed E-state index contributed by atoms with van der Waals surface area (Å²) < 4.78 is 5.40. The van der Waals surface area contributed by atoms with Crippen LogP contribution in [0, 0.1) is 11.8 Å². The fraction of sp³-hybridized carbons (Fsp3) is 0.800. The lowest BCUT2D eigenvalue weighted by molar-refractivity contribution is -0.126. The number of thiazole rings is 1. The van der Waals surface area contributed by atoms with Gasteiger partial charge in [-0.15, -0.1) is 11.3 Å². The first-order valence-corrected chi connectivity index (χ1v) is 16.1. The number of aromatic nitrogens is 1. The average Bonchev–Trinajstić information content (AvgIpc) is 3.40. The van der Waals surface area contributed by atoms with Crippen LogP contribution >= 0.6 is 11.3 Å². The van der Waals surface area contributed by atoms with E-state index in [1.807, 2.05) is 12.3 Å². The number of amides is 3. The Morgan fingerprint density at radius 2 is 1.82 bits per heavy atom. The van der Waals surface area contributed by atoms with Crippen molar-refractivity contribution in [3.05, 3.63) is 16.6 Å². The molecule has 1 heterocycles. The van der Waals surface area contributed by atoms with Gasteiger partial charge in [0.05, 0.1) is 23.4 Å². The van der Waals surface area contributed by atoms with E-state index in [0.29, 0.717) is 24.6 Å². The predicted molar refractivity (Wildman–Crippen MR) is 159 cm³/mol. The van der Waals surface area contributed by atoms with Gasteiger partial charge in [0.2, 0.25) is 11.8 Å². The topological polar surface area (TPSA) is 130 Å². The van der Waals surface area contributed by atoms with Crippen LogP contribution in [-0.2, 0) is 20.7 Å². The van der Waals surface area contributed by atoms with Gasteiger partial charge in [0.15, 0.2) is 0 Å². The highest BCUT2D eigenvalue weighted by molar-refractivity contribution is 7.07. The Kier molecular flexibility index (Phi) is 14.9. The van der Waals surface area contributed by atoms with E-state index < -0.39 is 41.7 Å². The van der Waals surface area contributed by atoms with Crippen molar-refractivity contribution in [3.8, 4) is 0 Å². The predicted octanol–water partition coefficient (Wildman–Crippen LogP) is 5.12. The third-order valence-corrected chi connectivity index (χ3v) is 8.02. The Hall–Kier alpha value is -2.20. The molecule has 1 aliphatic rings. The van der Waals surface area contributed by atoms with E-state index in [1.165, 1.54) is 17.8 Å². The van der Waals surface area contributed by atoms with Gasteiger partial charge in [-0.1, -0.05) is 65.2 Å². The molecule has 1 saturated carbocycles. The Balaban J connectivity index is 2.09. The second-order valence-electron chi connectivity index (χ2n) is 12.3. The monoisotopic (exact) mass is 580 g/mol. The highest BCUT2D eigenvalue weighted by Gasteiger charge is 2.32. The molecular formula is C30H52N4O5S. The van der Waals surface area contributed by atoms with Gasteiger partial charge in [-0.2, -0.15) is 0 Å². The van der Waals surface area contributed by atoms with Gasteiger partial charge in [0.1, 0.15) is 11.6 Å². The van der Waals surface area contributed by atoms with Crippen LogP contribution in [0.25, 0.3) is 0 Å². The molecule has 4 atom stereocenters. The van der Waals surface area contributed by atoms with E-state index in [0.717, 1.165) is 51.4 Å². The number of rotatable bonds is 16. The molecule has 4 N–H and O–H groups in total. The summed E-state index contributed by atoms with van der Waals surface area (Å²) in [5.74, 6) is -0.470. The number of carbonyl (C=O) groups is 3. The van der Waals surface area contributed by atoms with Crippen LogP contribution < -0.4 is 16.0 Å². The van der Waals surface area contributed by atoms with Gasteiger partial charge < -0.3 is 25.8 Å². The maximum Gasteiger partial charge on any atom is 0.408 e. The van der Waals surface area contributed by atoms with Gasteiger partial charge in [-0.3, -0.25) is 9.59 Å². The van der Waals surface area contributed by atoms with E-state index in [4.69, 9.17) is 4.74 Å². The number of hydrogen-bond acceptors (Lipinski definition) is 7. The summed E-state index contributed by atoms with van der Waals surface area (Å²) in [6, 6.07) is -1.45. The molecule has 0 bridgehead atoms. The minimum atomic E-state index is -0.915.